The van der Waals surface area contributed by atoms with Crippen molar-refractivity contribution in [2.45, 2.75) is 13.1 Å². The molecule has 2 nitrogen and oxygen atoms in total. The number of benzene rings is 2. The first-order valence-electron chi connectivity index (χ1n) is 5.69. The number of nitrogens with zero attached hydrogens (tertiary/aromatic N) is 1. The van der Waals surface area contributed by atoms with Crippen LogP contribution in [-0.2, 0) is 17.9 Å². The van der Waals surface area contributed by atoms with Crippen molar-refractivity contribution in [2.24, 2.45) is 0 Å². The fourth-order valence-corrected chi connectivity index (χ4v) is 1.86. The molecule has 2 aromatic carbocycles. The maximum atomic E-state index is 11.0. The molecular weight excluding hydrogens is 246 g/mol. The summed E-state index contributed by atoms with van der Waals surface area (Å²) in [6, 6.07) is 17.3. The first kappa shape index (κ1) is 12.7. The Bertz CT molecular complexity index is 496. The monoisotopic (exact) mass is 258 g/mol. The molecule has 1 radical (unpaired) electrons. The maximum absolute atomic E-state index is 11.0. The van der Waals surface area contributed by atoms with Gasteiger partial charge in [0.05, 0.1) is 0 Å². The second-order valence-corrected chi connectivity index (χ2v) is 4.50. The van der Waals surface area contributed by atoms with Gasteiger partial charge < -0.3 is 4.90 Å². The van der Waals surface area contributed by atoms with Crippen LogP contribution in [0, 0.1) is 0 Å². The van der Waals surface area contributed by atoms with E-state index >= 15 is 0 Å². The molecule has 0 fully saturated rings. The molecule has 0 heterocycles. The van der Waals surface area contributed by atoms with Crippen LogP contribution in [0.2, 0.25) is 5.02 Å². The zero-order valence-corrected chi connectivity index (χ0v) is 10.6. The number of halogens is 1. The third-order valence-electron chi connectivity index (χ3n) is 2.63. The summed E-state index contributed by atoms with van der Waals surface area (Å²) < 4.78 is 0. The number of rotatable bonds is 5. The van der Waals surface area contributed by atoms with Gasteiger partial charge in [0, 0.05) is 18.1 Å². The normalized spacial score (nSPS) is 10.1. The fourth-order valence-electron chi connectivity index (χ4n) is 1.73. The standard InChI is InChI=1S/C15H13ClNO/c16-15-8-6-14(7-9-15)11-17(12-18)10-13-4-2-1-3-5-13/h1-9H,10-11H2. The SMILES string of the molecule is O=[C]N(Cc1ccccc1)Cc1ccc(Cl)cc1. The summed E-state index contributed by atoms with van der Waals surface area (Å²) in [7, 11) is 0. The minimum absolute atomic E-state index is 0.537. The molecule has 0 aliphatic heterocycles. The summed E-state index contributed by atoms with van der Waals surface area (Å²) in [5, 5.41) is 0.698. The predicted octanol–water partition coefficient (Wildman–Crippen LogP) is 3.41. The lowest BCUT2D eigenvalue weighted by molar-refractivity contribution is 0.368. The summed E-state index contributed by atoms with van der Waals surface area (Å²) in [5.74, 6) is 0. The van der Waals surface area contributed by atoms with Gasteiger partial charge >= 0.3 is 6.41 Å². The average molecular weight is 259 g/mol. The summed E-state index contributed by atoms with van der Waals surface area (Å²) in [5.41, 5.74) is 2.13. The molecule has 0 aliphatic rings. The Morgan fingerprint density at radius 3 is 2.00 bits per heavy atom. The highest BCUT2D eigenvalue weighted by Gasteiger charge is 2.05. The zero-order valence-electron chi connectivity index (χ0n) is 9.84. The van der Waals surface area contributed by atoms with Gasteiger partial charge in [0.25, 0.3) is 0 Å². The highest BCUT2D eigenvalue weighted by Crippen LogP contribution is 2.12. The molecule has 0 bridgehead atoms. The molecule has 2 rings (SSSR count). The lowest BCUT2D eigenvalue weighted by atomic mass is 10.2. The van der Waals surface area contributed by atoms with Gasteiger partial charge in [-0.2, -0.15) is 0 Å². The van der Waals surface area contributed by atoms with Crippen LogP contribution in [0.4, 0.5) is 0 Å². The first-order chi connectivity index (χ1) is 8.78. The zero-order chi connectivity index (χ0) is 12.8. The minimum Gasteiger partial charge on any atom is -0.326 e. The fraction of sp³-hybridized carbons (Fsp3) is 0.133. The van der Waals surface area contributed by atoms with E-state index < -0.39 is 0 Å². The second-order valence-electron chi connectivity index (χ2n) is 4.06. The number of carbonyl (C=O) groups excluding carboxylic acids is 1. The maximum Gasteiger partial charge on any atom is 0.312 e. The van der Waals surface area contributed by atoms with Crippen LogP contribution in [0.25, 0.3) is 0 Å². The highest BCUT2D eigenvalue weighted by molar-refractivity contribution is 6.30. The van der Waals surface area contributed by atoms with E-state index in [9.17, 15) is 4.79 Å². The Labute approximate surface area is 112 Å². The van der Waals surface area contributed by atoms with Crippen molar-refractivity contribution in [1.29, 1.82) is 0 Å². The first-order valence-corrected chi connectivity index (χ1v) is 6.07. The third-order valence-corrected chi connectivity index (χ3v) is 2.88. The summed E-state index contributed by atoms with van der Waals surface area (Å²) in [6.45, 7) is 1.10. The molecular formula is C15H13ClNO. The number of hydrogen-bond donors (Lipinski definition) is 0. The van der Waals surface area contributed by atoms with E-state index in [0.717, 1.165) is 11.1 Å². The Morgan fingerprint density at radius 1 is 0.889 bits per heavy atom. The molecule has 0 aliphatic carbocycles. The van der Waals surface area contributed by atoms with Gasteiger partial charge in [-0.05, 0) is 23.3 Å². The molecule has 3 heteroatoms. The smallest absolute Gasteiger partial charge is 0.312 e. The van der Waals surface area contributed by atoms with Crippen LogP contribution >= 0.6 is 11.6 Å². The molecule has 0 saturated carbocycles. The van der Waals surface area contributed by atoms with Crippen LogP contribution in [-0.4, -0.2) is 11.3 Å². The quantitative estimate of drug-likeness (QED) is 0.753. The molecule has 0 aromatic heterocycles. The van der Waals surface area contributed by atoms with Gasteiger partial charge in [-0.15, -0.1) is 0 Å². The van der Waals surface area contributed by atoms with Gasteiger partial charge in [-0.3, -0.25) is 4.79 Å². The Kier molecular flexibility index (Phi) is 4.37. The van der Waals surface area contributed by atoms with Crippen LogP contribution in [0.15, 0.2) is 54.6 Å². The van der Waals surface area contributed by atoms with Crippen LogP contribution in [0.1, 0.15) is 11.1 Å². The van der Waals surface area contributed by atoms with Gasteiger partial charge in [-0.25, -0.2) is 0 Å². The van der Waals surface area contributed by atoms with Crippen LogP contribution < -0.4 is 0 Å². The van der Waals surface area contributed by atoms with Crippen molar-refractivity contribution in [3.05, 3.63) is 70.7 Å². The highest BCUT2D eigenvalue weighted by atomic mass is 35.5. The molecule has 18 heavy (non-hydrogen) atoms. The van der Waals surface area contributed by atoms with Crippen LogP contribution in [0.3, 0.4) is 0 Å². The largest absolute Gasteiger partial charge is 0.326 e. The second kappa shape index (κ2) is 6.22. The van der Waals surface area contributed by atoms with Crippen molar-refractivity contribution in [2.75, 3.05) is 0 Å². The van der Waals surface area contributed by atoms with Crippen molar-refractivity contribution >= 4 is 18.0 Å². The van der Waals surface area contributed by atoms with Crippen molar-refractivity contribution in [3.8, 4) is 0 Å². The topological polar surface area (TPSA) is 20.3 Å². The van der Waals surface area contributed by atoms with Crippen molar-refractivity contribution < 1.29 is 4.79 Å². The molecule has 1 amide bonds. The number of amides is 1. The molecule has 0 saturated heterocycles. The summed E-state index contributed by atoms with van der Waals surface area (Å²) in [6.07, 6.45) is 1.96. The van der Waals surface area contributed by atoms with Gasteiger partial charge in [0.15, 0.2) is 0 Å². The van der Waals surface area contributed by atoms with Crippen LogP contribution in [0.5, 0.6) is 0 Å². The lowest BCUT2D eigenvalue weighted by Crippen LogP contribution is -2.20. The van der Waals surface area contributed by atoms with Gasteiger partial charge in [0.1, 0.15) is 0 Å². The van der Waals surface area contributed by atoms with E-state index in [4.69, 9.17) is 11.6 Å². The van der Waals surface area contributed by atoms with E-state index in [1.54, 1.807) is 4.90 Å². The number of hydrogen-bond acceptors (Lipinski definition) is 1. The molecule has 0 spiro atoms. The lowest BCUT2D eigenvalue weighted by Gasteiger charge is -2.16. The average Bonchev–Trinajstić information content (AvgIpc) is 2.41. The summed E-state index contributed by atoms with van der Waals surface area (Å²) in [4.78, 5) is 12.6. The summed E-state index contributed by atoms with van der Waals surface area (Å²) >= 11 is 5.82. The Hall–Kier alpha value is -1.80. The van der Waals surface area contributed by atoms with Gasteiger partial charge in [0.2, 0.25) is 0 Å². The molecule has 2 aromatic rings. The molecule has 91 valence electrons. The van der Waals surface area contributed by atoms with Crippen molar-refractivity contribution in [3.63, 3.8) is 0 Å². The van der Waals surface area contributed by atoms with Crippen molar-refractivity contribution in [1.82, 2.24) is 4.90 Å². The minimum atomic E-state index is 0.537. The Balaban J connectivity index is 2.01. The van der Waals surface area contributed by atoms with E-state index in [-0.39, 0.29) is 0 Å². The molecule has 0 atom stereocenters. The Morgan fingerprint density at radius 2 is 1.44 bits per heavy atom. The predicted molar refractivity (Wildman–Crippen MR) is 72.8 cm³/mol. The van der Waals surface area contributed by atoms with E-state index in [2.05, 4.69) is 0 Å². The third kappa shape index (κ3) is 3.60. The van der Waals surface area contributed by atoms with E-state index in [1.165, 1.54) is 0 Å². The molecule has 0 unspecified atom stereocenters. The van der Waals surface area contributed by atoms with Gasteiger partial charge in [-0.1, -0.05) is 54.1 Å². The molecule has 0 N–H and O–H groups in total. The van der Waals surface area contributed by atoms with E-state index in [1.807, 2.05) is 61.0 Å². The van der Waals surface area contributed by atoms with E-state index in [0.29, 0.717) is 18.1 Å².